The Kier molecular flexibility index (Phi) is 4.61. The number of hydrogen-bond donors (Lipinski definition) is 2. The molecular weight excluding hydrogens is 287 g/mol. The number of amides is 2. The molecule has 0 spiro atoms. The minimum Gasteiger partial charge on any atom is -0.378 e. The molecule has 2 amide bonds. The van der Waals surface area contributed by atoms with Gasteiger partial charge in [0.1, 0.15) is 5.82 Å². The van der Waals surface area contributed by atoms with E-state index in [4.69, 9.17) is 5.73 Å². The lowest BCUT2D eigenvalue weighted by Crippen LogP contribution is -2.56. The Balaban J connectivity index is 2.14. The fourth-order valence-corrected chi connectivity index (χ4v) is 2.52. The number of rotatable bonds is 3. The van der Waals surface area contributed by atoms with Crippen molar-refractivity contribution in [1.82, 2.24) is 4.90 Å². The van der Waals surface area contributed by atoms with Crippen molar-refractivity contribution in [1.29, 1.82) is 0 Å². The summed E-state index contributed by atoms with van der Waals surface area (Å²) in [5.74, 6) is -1.53. The van der Waals surface area contributed by atoms with Gasteiger partial charge in [-0.05, 0) is 43.0 Å². The molecule has 1 atom stereocenters. The fourth-order valence-electron chi connectivity index (χ4n) is 2.52. The number of halogens is 1. The highest BCUT2D eigenvalue weighted by atomic mass is 19.1. The van der Waals surface area contributed by atoms with Crippen LogP contribution in [0.2, 0.25) is 0 Å². The predicted octanol–water partition coefficient (Wildman–Crippen LogP) is 1.07. The summed E-state index contributed by atoms with van der Waals surface area (Å²) in [4.78, 5) is 25.0. The van der Waals surface area contributed by atoms with Crippen LogP contribution in [0.3, 0.4) is 0 Å². The van der Waals surface area contributed by atoms with Crippen molar-refractivity contribution in [3.05, 3.63) is 41.7 Å². The molecule has 1 aromatic rings. The van der Waals surface area contributed by atoms with Crippen LogP contribution in [0, 0.1) is 5.82 Å². The van der Waals surface area contributed by atoms with Gasteiger partial charge in [0.05, 0.1) is 6.54 Å². The molecule has 0 radical (unpaired) electrons. The Hall–Kier alpha value is -2.21. The number of piperidine rings is 1. The Morgan fingerprint density at radius 2 is 2.18 bits per heavy atom. The minimum absolute atomic E-state index is 0.117. The summed E-state index contributed by atoms with van der Waals surface area (Å²) in [7, 11) is 0. The molecule has 118 valence electrons. The third kappa shape index (κ3) is 3.51. The van der Waals surface area contributed by atoms with Crippen molar-refractivity contribution >= 4 is 17.4 Å². The Bertz CT molecular complexity index is 630. The standard InChI is InChI=1S/C16H19FN2O3/c1-11(12-4-2-5-13(17)9-12)8-14(20)19-7-3-6-16(22,10-19)15(18)21/h2,4-5,8-9,22H,3,6-7,10H2,1H3,(H2,18,21). The highest BCUT2D eigenvalue weighted by Gasteiger charge is 2.39. The summed E-state index contributed by atoms with van der Waals surface area (Å²) in [6.45, 7) is 2.03. The average Bonchev–Trinajstić information content (AvgIpc) is 2.47. The minimum atomic E-state index is -1.67. The van der Waals surface area contributed by atoms with Gasteiger partial charge >= 0.3 is 0 Å². The van der Waals surface area contributed by atoms with E-state index < -0.39 is 11.5 Å². The number of nitrogens with zero attached hydrogens (tertiary/aromatic N) is 1. The van der Waals surface area contributed by atoms with Crippen molar-refractivity contribution in [2.24, 2.45) is 5.73 Å². The topological polar surface area (TPSA) is 83.6 Å². The maximum atomic E-state index is 13.2. The second kappa shape index (κ2) is 6.27. The van der Waals surface area contributed by atoms with Crippen LogP contribution in [0.5, 0.6) is 0 Å². The number of nitrogens with two attached hydrogens (primary N) is 1. The van der Waals surface area contributed by atoms with Gasteiger partial charge in [0.2, 0.25) is 5.91 Å². The summed E-state index contributed by atoms with van der Waals surface area (Å²) in [6.07, 6.45) is 2.12. The van der Waals surface area contributed by atoms with Gasteiger partial charge in [-0.3, -0.25) is 9.59 Å². The number of allylic oxidation sites excluding steroid dienone is 1. The van der Waals surface area contributed by atoms with Crippen molar-refractivity contribution in [2.75, 3.05) is 13.1 Å². The van der Waals surface area contributed by atoms with Crippen LogP contribution in [0.25, 0.3) is 5.57 Å². The molecule has 1 aliphatic heterocycles. The van der Waals surface area contributed by atoms with E-state index in [-0.39, 0.29) is 24.7 Å². The van der Waals surface area contributed by atoms with Crippen molar-refractivity contribution in [3.63, 3.8) is 0 Å². The van der Waals surface area contributed by atoms with Crippen LogP contribution in [0.15, 0.2) is 30.3 Å². The highest BCUT2D eigenvalue weighted by molar-refractivity contribution is 5.95. The molecule has 0 saturated carbocycles. The van der Waals surface area contributed by atoms with E-state index in [2.05, 4.69) is 0 Å². The van der Waals surface area contributed by atoms with Crippen molar-refractivity contribution in [3.8, 4) is 0 Å². The zero-order chi connectivity index (χ0) is 16.3. The molecule has 1 aromatic carbocycles. The smallest absolute Gasteiger partial charge is 0.251 e. The second-order valence-corrected chi connectivity index (χ2v) is 5.60. The third-order valence-electron chi connectivity index (χ3n) is 3.86. The zero-order valence-electron chi connectivity index (χ0n) is 12.4. The first kappa shape index (κ1) is 16.2. The lowest BCUT2D eigenvalue weighted by molar-refractivity contribution is -0.146. The van der Waals surface area contributed by atoms with Gasteiger partial charge in [-0.1, -0.05) is 12.1 Å². The van der Waals surface area contributed by atoms with Crippen molar-refractivity contribution < 1.29 is 19.1 Å². The summed E-state index contributed by atoms with van der Waals surface area (Å²) in [6, 6.07) is 5.95. The first-order valence-corrected chi connectivity index (χ1v) is 7.07. The number of benzene rings is 1. The lowest BCUT2D eigenvalue weighted by atomic mass is 9.92. The number of hydrogen-bond acceptors (Lipinski definition) is 3. The average molecular weight is 306 g/mol. The second-order valence-electron chi connectivity index (χ2n) is 5.60. The van der Waals surface area contributed by atoms with Gasteiger partial charge in [-0.15, -0.1) is 0 Å². The molecule has 0 aromatic heterocycles. The largest absolute Gasteiger partial charge is 0.378 e. The van der Waals surface area contributed by atoms with Gasteiger partial charge in [0, 0.05) is 12.6 Å². The zero-order valence-corrected chi connectivity index (χ0v) is 12.4. The number of likely N-dealkylation sites (tertiary alicyclic amines) is 1. The van der Waals surface area contributed by atoms with Gasteiger partial charge in [-0.2, -0.15) is 0 Å². The molecule has 1 heterocycles. The summed E-state index contributed by atoms with van der Waals surface area (Å²) in [5.41, 5.74) is 4.73. The van der Waals surface area contributed by atoms with Crippen LogP contribution in [-0.2, 0) is 9.59 Å². The van der Waals surface area contributed by atoms with E-state index in [1.807, 2.05) is 0 Å². The van der Waals surface area contributed by atoms with E-state index in [1.165, 1.54) is 23.1 Å². The summed E-state index contributed by atoms with van der Waals surface area (Å²) < 4.78 is 13.2. The van der Waals surface area contributed by atoms with Crippen LogP contribution in [-0.4, -0.2) is 40.5 Å². The van der Waals surface area contributed by atoms with E-state index in [9.17, 15) is 19.1 Å². The maximum Gasteiger partial charge on any atom is 0.251 e. The molecule has 5 nitrogen and oxygen atoms in total. The lowest BCUT2D eigenvalue weighted by Gasteiger charge is -2.36. The Morgan fingerprint density at radius 3 is 2.82 bits per heavy atom. The third-order valence-corrected chi connectivity index (χ3v) is 3.86. The molecule has 1 aliphatic rings. The van der Waals surface area contributed by atoms with Gasteiger partial charge in [-0.25, -0.2) is 4.39 Å². The van der Waals surface area contributed by atoms with Crippen LogP contribution < -0.4 is 5.73 Å². The molecule has 0 aliphatic carbocycles. The first-order chi connectivity index (χ1) is 10.3. The maximum absolute atomic E-state index is 13.2. The van der Waals surface area contributed by atoms with E-state index in [1.54, 1.807) is 19.1 Å². The summed E-state index contributed by atoms with van der Waals surface area (Å²) >= 11 is 0. The van der Waals surface area contributed by atoms with Crippen LogP contribution in [0.4, 0.5) is 4.39 Å². The quantitative estimate of drug-likeness (QED) is 0.819. The Labute approximate surface area is 128 Å². The fraction of sp³-hybridized carbons (Fsp3) is 0.375. The number of carbonyl (C=O) groups is 2. The van der Waals surface area contributed by atoms with E-state index in [0.717, 1.165) is 0 Å². The SMILES string of the molecule is CC(=CC(=O)N1CCCC(O)(C(N)=O)C1)c1cccc(F)c1. The number of primary amides is 1. The molecule has 1 saturated heterocycles. The van der Waals surface area contributed by atoms with Gasteiger partial charge in [0.25, 0.3) is 5.91 Å². The van der Waals surface area contributed by atoms with Crippen LogP contribution >= 0.6 is 0 Å². The van der Waals surface area contributed by atoms with E-state index in [0.29, 0.717) is 24.1 Å². The molecule has 6 heteroatoms. The molecular formula is C16H19FN2O3. The number of carbonyl (C=O) groups excluding carboxylic acids is 2. The van der Waals surface area contributed by atoms with Crippen LogP contribution in [0.1, 0.15) is 25.3 Å². The van der Waals surface area contributed by atoms with Gasteiger partial charge in [0.15, 0.2) is 5.60 Å². The summed E-state index contributed by atoms with van der Waals surface area (Å²) in [5, 5.41) is 10.1. The van der Waals surface area contributed by atoms with Gasteiger partial charge < -0.3 is 15.7 Å². The first-order valence-electron chi connectivity index (χ1n) is 7.07. The molecule has 22 heavy (non-hydrogen) atoms. The molecule has 2 rings (SSSR count). The normalized spacial score (nSPS) is 22.5. The number of aliphatic hydroxyl groups is 1. The molecule has 1 unspecified atom stereocenters. The molecule has 1 fully saturated rings. The highest BCUT2D eigenvalue weighted by Crippen LogP contribution is 2.22. The predicted molar refractivity (Wildman–Crippen MR) is 80.0 cm³/mol. The van der Waals surface area contributed by atoms with Crippen molar-refractivity contribution in [2.45, 2.75) is 25.4 Å². The number of β-amino-alcohol motifs (C(OH)–C–C–N with tert-alkyl or cyclic N) is 1. The Morgan fingerprint density at radius 1 is 1.45 bits per heavy atom. The molecule has 0 bridgehead atoms. The monoisotopic (exact) mass is 306 g/mol. The van der Waals surface area contributed by atoms with E-state index >= 15 is 0 Å². The molecule has 3 N–H and O–H groups in total.